The minimum absolute atomic E-state index is 0.216. The Morgan fingerprint density at radius 1 is 1.16 bits per heavy atom. The van der Waals surface area contributed by atoms with Crippen molar-refractivity contribution in [2.45, 2.75) is 13.0 Å². The number of esters is 1. The van der Waals surface area contributed by atoms with Crippen LogP contribution in [-0.2, 0) is 9.53 Å². The van der Waals surface area contributed by atoms with Crippen LogP contribution in [0.15, 0.2) is 75.3 Å². The van der Waals surface area contributed by atoms with Crippen molar-refractivity contribution in [2.75, 3.05) is 13.7 Å². The Hall–Kier alpha value is -2.29. The molecule has 188 valence electrons. The normalized spacial score (nSPS) is 15.4. The molecule has 5 rings (SSSR count). The third-order valence-corrected chi connectivity index (χ3v) is 9.05. The SMILES string of the molecule is CCOC(=O)C1=C(c2ccccc2)N=c2s/c(=C\c3cc(I)cc(I)c3OC)c(=O)n2[C@@H]1c1cccs1. The molecule has 2 aromatic heterocycles. The van der Waals surface area contributed by atoms with Gasteiger partial charge in [0.05, 0.1) is 33.1 Å². The van der Waals surface area contributed by atoms with Crippen molar-refractivity contribution in [3.05, 3.63) is 108 Å². The zero-order valence-corrected chi connectivity index (χ0v) is 25.7. The lowest BCUT2D eigenvalue weighted by Gasteiger charge is -2.24. The predicted molar refractivity (Wildman–Crippen MR) is 164 cm³/mol. The van der Waals surface area contributed by atoms with Crippen LogP contribution in [0.25, 0.3) is 11.8 Å². The molecule has 0 amide bonds. The molecule has 3 heterocycles. The van der Waals surface area contributed by atoms with Crippen LogP contribution in [0, 0.1) is 7.14 Å². The van der Waals surface area contributed by atoms with Gasteiger partial charge in [0, 0.05) is 19.6 Å². The quantitative estimate of drug-likeness (QED) is 0.200. The summed E-state index contributed by atoms with van der Waals surface area (Å²) in [5, 5.41) is 1.94. The number of aromatic nitrogens is 1. The van der Waals surface area contributed by atoms with E-state index < -0.39 is 12.0 Å². The summed E-state index contributed by atoms with van der Waals surface area (Å²) in [6, 6.07) is 16.8. The number of rotatable bonds is 6. The summed E-state index contributed by atoms with van der Waals surface area (Å²) in [5.74, 6) is 0.227. The van der Waals surface area contributed by atoms with Crippen LogP contribution < -0.4 is 19.6 Å². The first-order chi connectivity index (χ1) is 17.9. The Morgan fingerprint density at radius 2 is 1.95 bits per heavy atom. The monoisotopic (exact) mass is 754 g/mol. The van der Waals surface area contributed by atoms with E-state index in [-0.39, 0.29) is 12.2 Å². The largest absolute Gasteiger partial charge is 0.495 e. The van der Waals surface area contributed by atoms with Crippen molar-refractivity contribution < 1.29 is 14.3 Å². The van der Waals surface area contributed by atoms with Crippen LogP contribution in [0.2, 0.25) is 0 Å². The number of nitrogens with zero attached hydrogens (tertiary/aromatic N) is 2. The van der Waals surface area contributed by atoms with Crippen molar-refractivity contribution in [1.82, 2.24) is 4.57 Å². The van der Waals surface area contributed by atoms with E-state index in [4.69, 9.17) is 14.5 Å². The number of ether oxygens (including phenoxy) is 2. The number of fused-ring (bicyclic) bond motifs is 1. The van der Waals surface area contributed by atoms with Gasteiger partial charge in [-0.1, -0.05) is 47.7 Å². The lowest BCUT2D eigenvalue weighted by Crippen LogP contribution is -2.39. The van der Waals surface area contributed by atoms with Gasteiger partial charge in [0.2, 0.25) is 0 Å². The van der Waals surface area contributed by atoms with Gasteiger partial charge < -0.3 is 9.47 Å². The number of benzene rings is 2. The van der Waals surface area contributed by atoms with E-state index in [2.05, 4.69) is 45.2 Å². The first kappa shape index (κ1) is 26.3. The first-order valence-electron chi connectivity index (χ1n) is 11.3. The number of hydrogen-bond acceptors (Lipinski definition) is 7. The second kappa shape index (κ2) is 11.2. The molecule has 0 spiro atoms. The molecular weight excluding hydrogens is 734 g/mol. The van der Waals surface area contributed by atoms with Crippen LogP contribution in [0.5, 0.6) is 5.75 Å². The van der Waals surface area contributed by atoms with Gasteiger partial charge in [0.1, 0.15) is 11.8 Å². The molecule has 0 saturated heterocycles. The fourth-order valence-corrected chi connectivity index (χ4v) is 8.13. The highest BCUT2D eigenvalue weighted by molar-refractivity contribution is 14.1. The highest BCUT2D eigenvalue weighted by Crippen LogP contribution is 2.37. The van der Waals surface area contributed by atoms with Crippen LogP contribution in [-0.4, -0.2) is 24.3 Å². The summed E-state index contributed by atoms with van der Waals surface area (Å²) in [7, 11) is 1.62. The Bertz CT molecular complexity index is 1690. The minimum Gasteiger partial charge on any atom is -0.495 e. The zero-order chi connectivity index (χ0) is 26.1. The molecular formula is C27H20I2N2O4S2. The molecule has 6 nitrogen and oxygen atoms in total. The minimum atomic E-state index is -0.648. The Labute approximate surface area is 248 Å². The molecule has 1 atom stereocenters. The van der Waals surface area contributed by atoms with Gasteiger partial charge in [0.25, 0.3) is 5.56 Å². The molecule has 0 saturated carbocycles. The van der Waals surface area contributed by atoms with Gasteiger partial charge in [-0.3, -0.25) is 9.36 Å². The number of carbonyl (C=O) groups is 1. The van der Waals surface area contributed by atoms with Crippen molar-refractivity contribution in [3.63, 3.8) is 0 Å². The summed E-state index contributed by atoms with van der Waals surface area (Å²) < 4.78 is 15.2. The fraction of sp³-hybridized carbons (Fsp3) is 0.148. The lowest BCUT2D eigenvalue weighted by molar-refractivity contribution is -0.138. The van der Waals surface area contributed by atoms with Gasteiger partial charge in [-0.05, 0) is 81.8 Å². The molecule has 0 fully saturated rings. The molecule has 1 aliphatic rings. The highest BCUT2D eigenvalue weighted by Gasteiger charge is 2.35. The average molecular weight is 754 g/mol. The zero-order valence-electron chi connectivity index (χ0n) is 19.7. The van der Waals surface area contributed by atoms with E-state index in [1.165, 1.54) is 22.7 Å². The standard InChI is InChI=1S/C27H20I2N2O4S2/c1-3-35-26(33)21-22(15-8-5-4-6-9-15)30-27-31(23(21)19-10-7-11-36-19)25(32)20(37-27)13-16-12-17(28)14-18(29)24(16)34-2/h4-14,23H,3H2,1-2H3/b20-13-/t23-/m1/s1. The second-order valence-corrected chi connectivity index (χ2v) is 12.4. The van der Waals surface area contributed by atoms with Crippen molar-refractivity contribution >= 4 is 85.6 Å². The number of hydrogen-bond donors (Lipinski definition) is 0. The topological polar surface area (TPSA) is 69.9 Å². The summed E-state index contributed by atoms with van der Waals surface area (Å²) in [4.78, 5) is 33.6. The van der Waals surface area contributed by atoms with Crippen molar-refractivity contribution in [1.29, 1.82) is 0 Å². The molecule has 0 N–H and O–H groups in total. The molecule has 2 aromatic carbocycles. The van der Waals surface area contributed by atoms with Crippen molar-refractivity contribution in [3.8, 4) is 5.75 Å². The summed E-state index contributed by atoms with van der Waals surface area (Å²) in [5.41, 5.74) is 2.26. The third-order valence-electron chi connectivity index (χ3n) is 5.71. The number of carbonyl (C=O) groups excluding carboxylic acids is 1. The maximum atomic E-state index is 13.9. The Balaban J connectivity index is 1.83. The van der Waals surface area contributed by atoms with Crippen LogP contribution >= 0.6 is 67.9 Å². The predicted octanol–water partition coefficient (Wildman–Crippen LogP) is 5.21. The number of thiophene rings is 1. The Morgan fingerprint density at radius 3 is 2.62 bits per heavy atom. The number of methoxy groups -OCH3 is 1. The summed E-state index contributed by atoms with van der Waals surface area (Å²) in [6.45, 7) is 1.99. The van der Waals surface area contributed by atoms with Crippen LogP contribution in [0.4, 0.5) is 0 Å². The number of thiazole rings is 1. The van der Waals surface area contributed by atoms with Gasteiger partial charge >= 0.3 is 5.97 Å². The molecule has 0 bridgehead atoms. The molecule has 10 heteroatoms. The smallest absolute Gasteiger partial charge is 0.338 e. The molecule has 1 aliphatic heterocycles. The molecule has 37 heavy (non-hydrogen) atoms. The van der Waals surface area contributed by atoms with E-state index in [1.54, 1.807) is 18.6 Å². The molecule has 0 aliphatic carbocycles. The van der Waals surface area contributed by atoms with E-state index >= 15 is 0 Å². The molecule has 4 aromatic rings. The number of halogens is 2. The van der Waals surface area contributed by atoms with E-state index in [0.717, 1.165) is 23.1 Å². The van der Waals surface area contributed by atoms with Crippen molar-refractivity contribution in [2.24, 2.45) is 4.99 Å². The third kappa shape index (κ3) is 5.08. The first-order valence-corrected chi connectivity index (χ1v) is 15.1. The maximum Gasteiger partial charge on any atom is 0.338 e. The fourth-order valence-electron chi connectivity index (χ4n) is 4.20. The van der Waals surface area contributed by atoms with Crippen LogP contribution in [0.1, 0.15) is 29.0 Å². The van der Waals surface area contributed by atoms with Crippen LogP contribution in [0.3, 0.4) is 0 Å². The lowest BCUT2D eigenvalue weighted by atomic mass is 9.97. The van der Waals surface area contributed by atoms with Gasteiger partial charge in [0.15, 0.2) is 4.80 Å². The Kier molecular flexibility index (Phi) is 7.98. The average Bonchev–Trinajstić information content (AvgIpc) is 3.52. The van der Waals surface area contributed by atoms with E-state index in [1.807, 2.05) is 66.1 Å². The highest BCUT2D eigenvalue weighted by atomic mass is 127. The molecule has 0 unspecified atom stereocenters. The van der Waals surface area contributed by atoms with Gasteiger partial charge in [-0.15, -0.1) is 11.3 Å². The molecule has 0 radical (unpaired) electrons. The summed E-state index contributed by atoms with van der Waals surface area (Å²) in [6.07, 6.45) is 1.84. The maximum absolute atomic E-state index is 13.9. The van der Waals surface area contributed by atoms with Gasteiger partial charge in [-0.2, -0.15) is 0 Å². The second-order valence-electron chi connectivity index (χ2n) is 7.96. The van der Waals surface area contributed by atoms with E-state index in [0.29, 0.717) is 26.4 Å². The summed E-state index contributed by atoms with van der Waals surface area (Å²) >= 11 is 7.28. The van der Waals surface area contributed by atoms with Gasteiger partial charge in [-0.25, -0.2) is 9.79 Å². The van der Waals surface area contributed by atoms with E-state index in [9.17, 15) is 9.59 Å².